The van der Waals surface area contributed by atoms with Gasteiger partial charge in [0.2, 0.25) is 0 Å². The Morgan fingerprint density at radius 3 is 0.907 bits per heavy atom. The third kappa shape index (κ3) is 28.3. The molecule has 0 saturated carbocycles. The van der Waals surface area contributed by atoms with Gasteiger partial charge in [0.25, 0.3) is 0 Å². The van der Waals surface area contributed by atoms with Gasteiger partial charge >= 0.3 is 77.6 Å². The van der Waals surface area contributed by atoms with E-state index in [9.17, 15) is 62.3 Å². The van der Waals surface area contributed by atoms with Crippen molar-refractivity contribution in [3.63, 3.8) is 0 Å². The normalized spacial score (nSPS) is 32.9. The highest BCUT2D eigenvalue weighted by Gasteiger charge is 2.62. The highest BCUT2D eigenvalue weighted by molar-refractivity contribution is 5.71. The number of esters is 13. The molecule has 0 N–H and O–H groups in total. The maximum absolute atomic E-state index is 13.9. The van der Waals surface area contributed by atoms with Gasteiger partial charge < -0.3 is 109 Å². The highest BCUT2D eigenvalue weighted by Crippen LogP contribution is 2.41. The van der Waals surface area contributed by atoms with Crippen LogP contribution in [0.25, 0.3) is 0 Å². The second-order valence-corrected chi connectivity index (χ2v) is 26.7. The first-order chi connectivity index (χ1) is 50.4. The molecule has 0 aromatic carbocycles. The SMILES string of the molecule is CCCCC[C@@H](CCCCCCCCCC(=O)OC)O[C@@H]1O[C@H](C)[C@@H](OC(C)=O)[C@H](OC(C)=O)[C@H]1O[C@@H]1O[C@H](CO[C@@H]2O[C@H](C)[C@@H](OC(C)=O)[C@H](OC(C)=O)[C@H]2O[C@@H]2O[C@@H](C)[C@H](OC(C)=O)[C@@H](OC(C)=O)[C@H]2OC(C)=O)[C@@H](OC(C)=O)[C@H](OC(C)=O)[C@H]1O[C@@H]1O[C@@H](C)[C@H](OC(C)=O)[C@@H](OC(C)=O)[C@H]1OC(C)=O. The van der Waals surface area contributed by atoms with E-state index in [1.54, 1.807) is 0 Å². The van der Waals surface area contributed by atoms with Crippen LogP contribution in [0.15, 0.2) is 0 Å². The molecule has 0 radical (unpaired) electrons. The molecule has 5 heterocycles. The van der Waals surface area contributed by atoms with Crippen LogP contribution >= 0.6 is 0 Å². The fraction of sp³-hybridized carbons (Fsp3) is 0.817. The Kier molecular flexibility index (Phi) is 37.0. The van der Waals surface area contributed by atoms with Gasteiger partial charge in [0.05, 0.1) is 44.2 Å². The molecule has 36 nitrogen and oxygen atoms in total. The smallest absolute Gasteiger partial charge is 0.305 e. The van der Waals surface area contributed by atoms with E-state index in [-0.39, 0.29) is 5.97 Å². The Labute approximate surface area is 621 Å². The lowest BCUT2D eigenvalue weighted by Crippen LogP contribution is -2.69. The van der Waals surface area contributed by atoms with Crippen molar-refractivity contribution in [3.8, 4) is 0 Å². The molecule has 0 bridgehead atoms. The first-order valence-corrected chi connectivity index (χ1v) is 36.1. The van der Waals surface area contributed by atoms with Gasteiger partial charge in [0.1, 0.15) is 6.10 Å². The van der Waals surface area contributed by atoms with Crippen molar-refractivity contribution in [3.05, 3.63) is 0 Å². The Morgan fingerprint density at radius 1 is 0.290 bits per heavy atom. The van der Waals surface area contributed by atoms with Gasteiger partial charge in [-0.1, -0.05) is 64.7 Å². The zero-order chi connectivity index (χ0) is 79.7. The molecular formula is C71H108O36. The summed E-state index contributed by atoms with van der Waals surface area (Å²) in [5, 5.41) is 0. The first kappa shape index (κ1) is 90.3. The molecule has 5 rings (SSSR count). The summed E-state index contributed by atoms with van der Waals surface area (Å²) in [5.74, 6) is -11.8. The lowest BCUT2D eigenvalue weighted by atomic mass is 9.95. The topological polar surface area (TPSA) is 434 Å². The summed E-state index contributed by atoms with van der Waals surface area (Å²) in [6.45, 7) is 19.1. The standard InChI is InChI=1S/C71H108O36/c1-19-20-26-29-49(30-27-24-22-21-23-25-28-31-51(84)85-18)103-68-65(60(99-45(14)80)55(34(3)88-68)94-40(9)75)107-71-66(106-70-64(102-48(17)83)59(98-44(13)79)54(36(5)90-70)93-39(8)74)61(100-46(15)81)56(95-41(10)76)50(104-71)32-86-67-62(57(96-42(11)77)52(33(2)87-67)91-37(6)72)105-69-63(101-47(16)82)58(97-43(12)78)53(35(4)89-69)92-38(7)73/h33-36,49-50,52-71H,19-32H2,1-18H3/t33-,34-,35+,36+,49+,50-,52-,53+,54+,55-,56-,57+,58-,59-,60+,61+,62-,63-,64-,65-,66-,67-,68+,69+,70+,71+/m1/s1. The van der Waals surface area contributed by atoms with Crippen molar-refractivity contribution in [1.82, 2.24) is 0 Å². The van der Waals surface area contributed by atoms with Crippen LogP contribution in [0.5, 0.6) is 0 Å². The number of hydrogen-bond donors (Lipinski definition) is 0. The fourth-order valence-electron chi connectivity index (χ4n) is 13.3. The molecule has 608 valence electrons. The Bertz CT molecular complexity index is 2980. The zero-order valence-electron chi connectivity index (χ0n) is 64.1. The third-order valence-electron chi connectivity index (χ3n) is 17.5. The average molecular weight is 1540 g/mol. The molecule has 5 aliphatic heterocycles. The lowest BCUT2D eigenvalue weighted by molar-refractivity contribution is -0.398. The van der Waals surface area contributed by atoms with Gasteiger partial charge in [0.15, 0.2) is 123 Å². The number of ether oxygens (including phenoxy) is 23. The van der Waals surface area contributed by atoms with Crippen LogP contribution in [0.3, 0.4) is 0 Å². The quantitative estimate of drug-likeness (QED) is 0.0462. The van der Waals surface area contributed by atoms with E-state index in [4.69, 9.17) is 109 Å². The number of carbonyl (C=O) groups excluding carboxylic acids is 13. The van der Waals surface area contributed by atoms with Gasteiger partial charge in [0, 0.05) is 89.5 Å². The van der Waals surface area contributed by atoms with Crippen LogP contribution in [0.2, 0.25) is 0 Å². The van der Waals surface area contributed by atoms with Crippen LogP contribution in [0.4, 0.5) is 0 Å². The summed E-state index contributed by atoms with van der Waals surface area (Å²) >= 11 is 0. The van der Waals surface area contributed by atoms with Gasteiger partial charge in [-0.2, -0.15) is 0 Å². The van der Waals surface area contributed by atoms with E-state index < -0.39 is 238 Å². The fourth-order valence-corrected chi connectivity index (χ4v) is 13.3. The van der Waals surface area contributed by atoms with Crippen LogP contribution in [-0.2, 0) is 171 Å². The number of methoxy groups -OCH3 is 1. The lowest BCUT2D eigenvalue weighted by Gasteiger charge is -2.51. The molecule has 5 saturated heterocycles. The summed E-state index contributed by atoms with van der Waals surface area (Å²) < 4.78 is 141. The van der Waals surface area contributed by atoms with Gasteiger partial charge in [-0.15, -0.1) is 0 Å². The molecule has 26 atom stereocenters. The minimum Gasteiger partial charge on any atom is -0.469 e. The number of rotatable bonds is 37. The Morgan fingerprint density at radius 2 is 0.551 bits per heavy atom. The molecule has 0 aromatic rings. The summed E-state index contributed by atoms with van der Waals surface area (Å²) in [7, 11) is 1.34. The first-order valence-electron chi connectivity index (χ1n) is 36.1. The third-order valence-corrected chi connectivity index (χ3v) is 17.5. The van der Waals surface area contributed by atoms with Crippen molar-refractivity contribution in [2.75, 3.05) is 13.7 Å². The van der Waals surface area contributed by atoms with E-state index in [1.807, 2.05) is 6.92 Å². The number of unbranched alkanes of at least 4 members (excludes halogenated alkanes) is 8. The summed E-state index contributed by atoms with van der Waals surface area (Å²) in [4.78, 5) is 169. The maximum Gasteiger partial charge on any atom is 0.305 e. The van der Waals surface area contributed by atoms with E-state index in [1.165, 1.54) is 34.8 Å². The molecule has 107 heavy (non-hydrogen) atoms. The summed E-state index contributed by atoms with van der Waals surface area (Å²) in [6.07, 6.45) is -34.4. The minimum absolute atomic E-state index is 0.278. The van der Waals surface area contributed by atoms with Crippen LogP contribution in [-0.4, -0.2) is 251 Å². The van der Waals surface area contributed by atoms with Crippen molar-refractivity contribution in [2.24, 2.45) is 0 Å². The van der Waals surface area contributed by atoms with Crippen molar-refractivity contribution in [1.29, 1.82) is 0 Å². The van der Waals surface area contributed by atoms with E-state index >= 15 is 0 Å². The van der Waals surface area contributed by atoms with Gasteiger partial charge in [-0.25, -0.2) is 0 Å². The molecule has 0 aromatic heterocycles. The molecule has 0 spiro atoms. The van der Waals surface area contributed by atoms with Crippen molar-refractivity contribution < 1.29 is 171 Å². The van der Waals surface area contributed by atoms with Crippen molar-refractivity contribution in [2.45, 2.75) is 361 Å². The summed E-state index contributed by atoms with van der Waals surface area (Å²) in [5.41, 5.74) is 0. The molecule has 0 unspecified atom stereocenters. The second-order valence-electron chi connectivity index (χ2n) is 26.7. The average Bonchev–Trinajstić information content (AvgIpc) is 0.765. The second kappa shape index (κ2) is 43.8. The van der Waals surface area contributed by atoms with Gasteiger partial charge in [-0.3, -0.25) is 62.3 Å². The Hall–Kier alpha value is -7.29. The molecule has 5 aliphatic rings. The number of hydrogen-bond acceptors (Lipinski definition) is 36. The van der Waals surface area contributed by atoms with E-state index in [2.05, 4.69) is 0 Å². The van der Waals surface area contributed by atoms with Crippen molar-refractivity contribution >= 4 is 77.6 Å². The molecule has 0 aliphatic carbocycles. The van der Waals surface area contributed by atoms with E-state index in [0.29, 0.717) is 38.5 Å². The predicted molar refractivity (Wildman–Crippen MR) is 356 cm³/mol. The molecular weight excluding hydrogens is 1430 g/mol. The highest BCUT2D eigenvalue weighted by atomic mass is 16.8. The van der Waals surface area contributed by atoms with Gasteiger partial charge in [-0.05, 0) is 47.0 Å². The zero-order valence-corrected chi connectivity index (χ0v) is 64.1. The Balaban J connectivity index is 1.77. The van der Waals surface area contributed by atoms with Crippen LogP contribution in [0, 0.1) is 0 Å². The molecule has 0 amide bonds. The monoisotopic (exact) mass is 1540 g/mol. The minimum atomic E-state index is -2.18. The number of carbonyl (C=O) groups is 13. The van der Waals surface area contributed by atoms with Crippen LogP contribution in [0.1, 0.15) is 201 Å². The summed E-state index contributed by atoms with van der Waals surface area (Å²) in [6, 6.07) is 0. The van der Waals surface area contributed by atoms with Crippen LogP contribution < -0.4 is 0 Å². The largest absolute Gasteiger partial charge is 0.469 e. The predicted octanol–water partition coefficient (Wildman–Crippen LogP) is 4.69. The maximum atomic E-state index is 13.9. The molecule has 36 heteroatoms. The molecule has 5 fully saturated rings. The van der Waals surface area contributed by atoms with E-state index in [0.717, 1.165) is 128 Å².